The molecule has 0 radical (unpaired) electrons. The average molecular weight is 448 g/mol. The van der Waals surface area contributed by atoms with E-state index in [1.807, 2.05) is 30.5 Å². The lowest BCUT2D eigenvalue weighted by Gasteiger charge is -2.47. The summed E-state index contributed by atoms with van der Waals surface area (Å²) in [6, 6.07) is 13.8. The molecule has 1 aromatic rings. The van der Waals surface area contributed by atoms with Crippen molar-refractivity contribution in [2.24, 2.45) is 17.3 Å². The van der Waals surface area contributed by atoms with Gasteiger partial charge in [-0.2, -0.15) is 15.8 Å². The van der Waals surface area contributed by atoms with E-state index in [-0.39, 0.29) is 18.8 Å². The molecule has 8 heteroatoms. The zero-order chi connectivity index (χ0) is 23.7. The van der Waals surface area contributed by atoms with Gasteiger partial charge in [-0.3, -0.25) is 0 Å². The van der Waals surface area contributed by atoms with Crippen molar-refractivity contribution in [2.45, 2.75) is 37.2 Å². The molecule has 1 unspecified atom stereocenters. The van der Waals surface area contributed by atoms with Crippen LogP contribution in [-0.2, 0) is 4.74 Å². The molecule has 0 bridgehead atoms. The molecule has 0 spiro atoms. The van der Waals surface area contributed by atoms with Crippen molar-refractivity contribution in [3.8, 4) is 18.2 Å². The summed E-state index contributed by atoms with van der Waals surface area (Å²) in [4.78, 5) is 15.3. The molecule has 2 aliphatic rings. The third-order valence-electron chi connectivity index (χ3n) is 5.92. The predicted molar refractivity (Wildman–Crippen MR) is 121 cm³/mol. The Morgan fingerprint density at radius 2 is 1.84 bits per heavy atom. The highest BCUT2D eigenvalue weighted by Gasteiger charge is 2.58. The predicted octanol–water partition coefficient (Wildman–Crippen LogP) is 4.49. The van der Waals surface area contributed by atoms with Gasteiger partial charge in [0.2, 0.25) is 0 Å². The number of hydrogen-bond donors (Lipinski definition) is 1. The number of ether oxygens (including phenoxy) is 1. The molecule has 1 amide bonds. The minimum absolute atomic E-state index is 0.197. The fourth-order valence-electron chi connectivity index (χ4n) is 4.47. The summed E-state index contributed by atoms with van der Waals surface area (Å²) in [6.45, 7) is 5.81. The quantitative estimate of drug-likeness (QED) is 0.526. The average Bonchev–Trinajstić information content (AvgIpc) is 2.77. The van der Waals surface area contributed by atoms with E-state index in [9.17, 15) is 20.6 Å². The lowest BCUT2D eigenvalue weighted by atomic mass is 9.54. The molecular formula is C24H25N5O2S. The Hall–Kier alpha value is -3.28. The highest BCUT2D eigenvalue weighted by Crippen LogP contribution is 2.53. The van der Waals surface area contributed by atoms with Gasteiger partial charge in [-0.15, -0.1) is 11.8 Å². The van der Waals surface area contributed by atoms with E-state index in [1.54, 1.807) is 38.6 Å². The first-order valence-corrected chi connectivity index (χ1v) is 11.5. The van der Waals surface area contributed by atoms with Crippen LogP contribution in [0.3, 0.4) is 0 Å². The Balaban J connectivity index is 2.14. The maximum atomic E-state index is 12.8. The molecular weight excluding hydrogens is 422 g/mol. The first-order chi connectivity index (χ1) is 15.1. The fourth-order valence-corrected chi connectivity index (χ4v) is 4.88. The maximum Gasteiger partial charge on any atom is 0.410 e. The lowest BCUT2D eigenvalue weighted by Crippen LogP contribution is -2.54. The zero-order valence-electron chi connectivity index (χ0n) is 18.5. The molecule has 1 aliphatic heterocycles. The number of amides is 1. The Labute approximate surface area is 192 Å². The van der Waals surface area contributed by atoms with Crippen molar-refractivity contribution in [1.82, 2.24) is 4.90 Å². The van der Waals surface area contributed by atoms with E-state index in [4.69, 9.17) is 10.1 Å². The number of hydrogen-bond acceptors (Lipinski definition) is 7. The fraction of sp³-hybridized carbons (Fsp3) is 0.458. The van der Waals surface area contributed by atoms with Crippen LogP contribution in [0.2, 0.25) is 0 Å². The van der Waals surface area contributed by atoms with Crippen molar-refractivity contribution >= 4 is 23.6 Å². The van der Waals surface area contributed by atoms with Crippen LogP contribution in [0, 0.1) is 56.7 Å². The minimum atomic E-state index is -1.81. The molecule has 7 nitrogen and oxygen atoms in total. The van der Waals surface area contributed by atoms with Gasteiger partial charge in [0.1, 0.15) is 11.5 Å². The van der Waals surface area contributed by atoms with Crippen molar-refractivity contribution in [1.29, 1.82) is 21.2 Å². The van der Waals surface area contributed by atoms with Crippen LogP contribution < -0.4 is 0 Å². The van der Waals surface area contributed by atoms with E-state index >= 15 is 0 Å². The molecule has 1 aliphatic carbocycles. The second kappa shape index (κ2) is 8.69. The number of nitriles is 3. The van der Waals surface area contributed by atoms with Crippen LogP contribution in [0.5, 0.6) is 0 Å². The summed E-state index contributed by atoms with van der Waals surface area (Å²) in [5.74, 6) is -2.13. The Bertz CT molecular complexity index is 1070. The molecule has 1 fully saturated rings. The van der Waals surface area contributed by atoms with Gasteiger partial charge in [-0.1, -0.05) is 18.2 Å². The normalized spacial score (nSPS) is 24.3. The Morgan fingerprint density at radius 1 is 1.22 bits per heavy atom. The van der Waals surface area contributed by atoms with E-state index in [0.717, 1.165) is 10.5 Å². The van der Waals surface area contributed by atoms with Crippen molar-refractivity contribution in [2.75, 3.05) is 19.3 Å². The number of rotatable bonds is 2. The maximum absolute atomic E-state index is 12.8. The van der Waals surface area contributed by atoms with Gasteiger partial charge in [-0.25, -0.2) is 4.79 Å². The van der Waals surface area contributed by atoms with E-state index in [2.05, 4.69) is 18.2 Å². The van der Waals surface area contributed by atoms with E-state index in [0.29, 0.717) is 5.57 Å². The first-order valence-electron chi connectivity index (χ1n) is 10.2. The molecule has 0 saturated heterocycles. The summed E-state index contributed by atoms with van der Waals surface area (Å²) in [6.07, 6.45) is 3.25. The summed E-state index contributed by atoms with van der Waals surface area (Å²) in [7, 11) is 0. The first kappa shape index (κ1) is 23.4. The van der Waals surface area contributed by atoms with Crippen LogP contribution >= 0.6 is 11.8 Å². The largest absolute Gasteiger partial charge is 0.444 e. The summed E-state index contributed by atoms with van der Waals surface area (Å²) >= 11 is 1.58. The second-order valence-corrected chi connectivity index (χ2v) is 9.83. The van der Waals surface area contributed by atoms with Crippen LogP contribution in [0.25, 0.3) is 0 Å². The number of nitrogens with one attached hydrogen (secondary N) is 1. The standard InChI is InChI=1S/C24H25N5O2S/c1-23(2,3)31-22(30)29-10-9-17-18(11-25)21(28)24(13-26,14-27)20(19(17)12-29)15-5-7-16(32-4)8-6-15/h5-9,18-20,28H,10,12H2,1-4H3/t18?,19-,20+/m0/s1. The number of fused-ring (bicyclic) bond motifs is 1. The SMILES string of the molecule is CSc1ccc([C@@H]2[C@H]3CN(C(=O)OC(C)(C)C)CC=C3C(C#N)C(=N)C2(C#N)C#N)cc1. The van der Waals surface area contributed by atoms with Gasteiger partial charge < -0.3 is 15.0 Å². The smallest absolute Gasteiger partial charge is 0.410 e. The minimum Gasteiger partial charge on any atom is -0.444 e. The van der Waals surface area contributed by atoms with Crippen LogP contribution in [0.1, 0.15) is 32.3 Å². The van der Waals surface area contributed by atoms with Crippen molar-refractivity contribution in [3.05, 3.63) is 41.5 Å². The molecule has 1 heterocycles. The summed E-state index contributed by atoms with van der Waals surface area (Å²) in [5, 5.41) is 38.7. The zero-order valence-corrected chi connectivity index (χ0v) is 19.4. The summed E-state index contributed by atoms with van der Waals surface area (Å²) < 4.78 is 5.52. The molecule has 3 rings (SSSR count). The molecule has 164 valence electrons. The Morgan fingerprint density at radius 3 is 2.34 bits per heavy atom. The molecule has 1 N–H and O–H groups in total. The van der Waals surface area contributed by atoms with Gasteiger partial charge in [0.15, 0.2) is 5.41 Å². The lowest BCUT2D eigenvalue weighted by molar-refractivity contribution is 0.0222. The third-order valence-corrected chi connectivity index (χ3v) is 6.66. The molecule has 32 heavy (non-hydrogen) atoms. The van der Waals surface area contributed by atoms with Crippen molar-refractivity contribution < 1.29 is 9.53 Å². The highest BCUT2D eigenvalue weighted by atomic mass is 32.2. The van der Waals surface area contributed by atoms with E-state index in [1.165, 1.54) is 4.90 Å². The molecule has 3 atom stereocenters. The number of thioether (sulfide) groups is 1. The highest BCUT2D eigenvalue weighted by molar-refractivity contribution is 7.98. The van der Waals surface area contributed by atoms with Crippen molar-refractivity contribution in [3.63, 3.8) is 0 Å². The van der Waals surface area contributed by atoms with Crippen LogP contribution in [0.15, 0.2) is 40.8 Å². The summed E-state index contributed by atoms with van der Waals surface area (Å²) in [5.41, 5.74) is -1.25. The number of carbonyl (C=O) groups is 1. The van der Waals surface area contributed by atoms with E-state index < -0.39 is 34.9 Å². The van der Waals surface area contributed by atoms with Gasteiger partial charge in [0.05, 0.1) is 23.9 Å². The van der Waals surface area contributed by atoms with Crippen LogP contribution in [0.4, 0.5) is 4.79 Å². The third kappa shape index (κ3) is 3.97. The van der Waals surface area contributed by atoms with Gasteiger partial charge in [0, 0.05) is 29.8 Å². The molecule has 1 aromatic carbocycles. The van der Waals surface area contributed by atoms with Gasteiger partial charge in [0.25, 0.3) is 0 Å². The molecule has 1 saturated carbocycles. The monoisotopic (exact) mass is 447 g/mol. The Kier molecular flexibility index (Phi) is 6.35. The van der Waals surface area contributed by atoms with Gasteiger partial charge >= 0.3 is 6.09 Å². The number of nitrogens with zero attached hydrogens (tertiary/aromatic N) is 4. The van der Waals surface area contributed by atoms with Gasteiger partial charge in [-0.05, 0) is 50.3 Å². The van der Waals surface area contributed by atoms with Crippen LogP contribution in [-0.4, -0.2) is 41.7 Å². The topological polar surface area (TPSA) is 125 Å². The molecule has 0 aromatic heterocycles. The number of carbonyl (C=O) groups excluding carboxylic acids is 1. The second-order valence-electron chi connectivity index (χ2n) is 8.95. The number of benzene rings is 1.